The summed E-state index contributed by atoms with van der Waals surface area (Å²) in [5.41, 5.74) is 3.22. The smallest absolute Gasteiger partial charge is 0.238 e. The predicted molar refractivity (Wildman–Crippen MR) is 125 cm³/mol. The average Bonchev–Trinajstić information content (AvgIpc) is 3.26. The maximum atomic E-state index is 14.3. The highest BCUT2D eigenvalue weighted by Crippen LogP contribution is 2.29. The van der Waals surface area contributed by atoms with Crippen LogP contribution in [0.25, 0.3) is 22.0 Å². The van der Waals surface area contributed by atoms with Gasteiger partial charge in [0.25, 0.3) is 0 Å². The highest BCUT2D eigenvalue weighted by molar-refractivity contribution is 5.94. The van der Waals surface area contributed by atoms with Crippen molar-refractivity contribution in [1.82, 2.24) is 25.1 Å². The van der Waals surface area contributed by atoms with Gasteiger partial charge in [-0.2, -0.15) is 4.68 Å². The third kappa shape index (κ3) is 4.38. The molecule has 0 spiro atoms. The summed E-state index contributed by atoms with van der Waals surface area (Å²) < 4.78 is 15.8. The Balaban J connectivity index is 1.26. The van der Waals surface area contributed by atoms with Gasteiger partial charge < -0.3 is 5.32 Å². The third-order valence-electron chi connectivity index (χ3n) is 5.89. The SMILES string of the molecule is Cc1nnnn1-c1ccc(F)c(NC(=O)CN2CC=C(c3cccc4ccccc34)CC2)c1. The Kier molecular flexibility index (Phi) is 5.66. The van der Waals surface area contributed by atoms with Gasteiger partial charge in [0.1, 0.15) is 5.82 Å². The molecule has 0 aliphatic carbocycles. The molecule has 0 fully saturated rings. The summed E-state index contributed by atoms with van der Waals surface area (Å²) in [6.07, 6.45) is 3.03. The molecule has 2 heterocycles. The zero-order valence-electron chi connectivity index (χ0n) is 18.2. The van der Waals surface area contributed by atoms with E-state index in [1.807, 2.05) is 6.07 Å². The van der Waals surface area contributed by atoms with Gasteiger partial charge in [-0.1, -0.05) is 48.5 Å². The molecule has 1 aliphatic rings. The van der Waals surface area contributed by atoms with Crippen LogP contribution in [0.15, 0.2) is 66.7 Å². The molecule has 0 radical (unpaired) electrons. The van der Waals surface area contributed by atoms with E-state index in [1.54, 1.807) is 13.0 Å². The molecule has 5 rings (SSSR count). The first-order valence-corrected chi connectivity index (χ1v) is 10.8. The molecule has 1 aromatic heterocycles. The van der Waals surface area contributed by atoms with Gasteiger partial charge in [-0.25, -0.2) is 4.39 Å². The monoisotopic (exact) mass is 442 g/mol. The molecular weight excluding hydrogens is 419 g/mol. The Labute approximate surface area is 190 Å². The molecule has 0 bridgehead atoms. The number of fused-ring (bicyclic) bond motifs is 1. The van der Waals surface area contributed by atoms with Crippen LogP contribution in [0.3, 0.4) is 0 Å². The second kappa shape index (κ2) is 8.91. The van der Waals surface area contributed by atoms with Crippen LogP contribution in [0.2, 0.25) is 0 Å². The van der Waals surface area contributed by atoms with E-state index in [-0.39, 0.29) is 18.1 Å². The highest BCUT2D eigenvalue weighted by atomic mass is 19.1. The normalized spacial score (nSPS) is 14.3. The molecule has 166 valence electrons. The van der Waals surface area contributed by atoms with E-state index in [9.17, 15) is 9.18 Å². The number of nitrogens with zero attached hydrogens (tertiary/aromatic N) is 5. The van der Waals surface area contributed by atoms with Crippen LogP contribution in [0.5, 0.6) is 0 Å². The van der Waals surface area contributed by atoms with Crippen molar-refractivity contribution in [3.05, 3.63) is 83.9 Å². The summed E-state index contributed by atoms with van der Waals surface area (Å²) in [5, 5.41) is 16.5. The predicted octanol–water partition coefficient (Wildman–Crippen LogP) is 3.99. The second-order valence-corrected chi connectivity index (χ2v) is 8.09. The molecule has 33 heavy (non-hydrogen) atoms. The number of halogens is 1. The lowest BCUT2D eigenvalue weighted by Gasteiger charge is -2.26. The number of amides is 1. The summed E-state index contributed by atoms with van der Waals surface area (Å²) in [5.74, 6) is -0.197. The summed E-state index contributed by atoms with van der Waals surface area (Å²) in [6.45, 7) is 3.36. The number of nitrogens with one attached hydrogen (secondary N) is 1. The molecule has 1 N–H and O–H groups in total. The van der Waals surface area contributed by atoms with Crippen molar-refractivity contribution >= 4 is 27.9 Å². The summed E-state index contributed by atoms with van der Waals surface area (Å²) >= 11 is 0. The van der Waals surface area contributed by atoms with Crippen LogP contribution in [-0.2, 0) is 4.79 Å². The average molecular weight is 442 g/mol. The first-order chi connectivity index (χ1) is 16.1. The number of rotatable bonds is 5. The molecule has 7 nitrogen and oxygen atoms in total. The molecule has 0 atom stereocenters. The topological polar surface area (TPSA) is 75.9 Å². The Morgan fingerprint density at radius 2 is 1.97 bits per heavy atom. The van der Waals surface area contributed by atoms with Crippen molar-refractivity contribution < 1.29 is 9.18 Å². The minimum Gasteiger partial charge on any atom is -0.322 e. The molecule has 8 heteroatoms. The van der Waals surface area contributed by atoms with Gasteiger partial charge in [-0.05, 0) is 63.9 Å². The molecule has 0 saturated carbocycles. The lowest BCUT2D eigenvalue weighted by Crippen LogP contribution is -2.36. The van der Waals surface area contributed by atoms with Gasteiger partial charge in [0.05, 0.1) is 17.9 Å². The van der Waals surface area contributed by atoms with Crippen molar-refractivity contribution in [1.29, 1.82) is 0 Å². The Bertz CT molecular complexity index is 1360. The lowest BCUT2D eigenvalue weighted by atomic mass is 9.94. The number of carbonyl (C=O) groups excluding carboxylic acids is 1. The standard InChI is InChI=1S/C25H23FN6O/c1-17-28-29-30-32(17)20-9-10-23(26)24(15-20)27-25(33)16-31-13-11-19(12-14-31)22-8-4-6-18-5-2-3-7-21(18)22/h2-11,15H,12-14,16H2,1H3,(H,27,33). The number of aryl methyl sites for hydroxylation is 1. The fourth-order valence-electron chi connectivity index (χ4n) is 4.21. The van der Waals surface area contributed by atoms with Crippen molar-refractivity contribution in [3.8, 4) is 5.69 Å². The Morgan fingerprint density at radius 3 is 2.76 bits per heavy atom. The van der Waals surface area contributed by atoms with E-state index in [4.69, 9.17) is 0 Å². The maximum absolute atomic E-state index is 14.3. The van der Waals surface area contributed by atoms with Crippen LogP contribution in [-0.4, -0.2) is 50.6 Å². The molecule has 1 aliphatic heterocycles. The Morgan fingerprint density at radius 1 is 1.12 bits per heavy atom. The van der Waals surface area contributed by atoms with Crippen molar-refractivity contribution in [3.63, 3.8) is 0 Å². The number of carbonyl (C=O) groups is 1. The van der Waals surface area contributed by atoms with Gasteiger partial charge in [0.2, 0.25) is 5.91 Å². The largest absolute Gasteiger partial charge is 0.322 e. The number of aromatic nitrogens is 4. The van der Waals surface area contributed by atoms with Gasteiger partial charge in [-0.15, -0.1) is 5.10 Å². The summed E-state index contributed by atoms with van der Waals surface area (Å²) in [6, 6.07) is 19.1. The molecule has 1 amide bonds. The van der Waals surface area contributed by atoms with Crippen molar-refractivity contribution in [2.75, 3.05) is 25.0 Å². The minimum absolute atomic E-state index is 0.108. The van der Waals surface area contributed by atoms with Gasteiger partial charge in [-0.3, -0.25) is 9.69 Å². The van der Waals surface area contributed by atoms with E-state index in [1.165, 1.54) is 38.7 Å². The molecule has 0 unspecified atom stereocenters. The highest BCUT2D eigenvalue weighted by Gasteiger charge is 2.18. The minimum atomic E-state index is -0.505. The van der Waals surface area contributed by atoms with Crippen LogP contribution in [0.1, 0.15) is 17.8 Å². The van der Waals surface area contributed by atoms with E-state index in [0.29, 0.717) is 18.1 Å². The van der Waals surface area contributed by atoms with Crippen LogP contribution < -0.4 is 5.32 Å². The van der Waals surface area contributed by atoms with Crippen LogP contribution in [0.4, 0.5) is 10.1 Å². The number of benzene rings is 3. The van der Waals surface area contributed by atoms with E-state index in [2.05, 4.69) is 68.2 Å². The van der Waals surface area contributed by atoms with Crippen LogP contribution in [0, 0.1) is 12.7 Å². The van der Waals surface area contributed by atoms with E-state index >= 15 is 0 Å². The third-order valence-corrected chi connectivity index (χ3v) is 5.89. The second-order valence-electron chi connectivity index (χ2n) is 8.09. The fourth-order valence-corrected chi connectivity index (χ4v) is 4.21. The first-order valence-electron chi connectivity index (χ1n) is 10.8. The zero-order valence-corrected chi connectivity index (χ0v) is 18.2. The first kappa shape index (κ1) is 21.0. The molecule has 4 aromatic rings. The molecule has 0 saturated heterocycles. The summed E-state index contributed by atoms with van der Waals surface area (Å²) in [7, 11) is 0. The summed E-state index contributed by atoms with van der Waals surface area (Å²) in [4.78, 5) is 14.7. The van der Waals surface area contributed by atoms with Gasteiger partial charge >= 0.3 is 0 Å². The number of anilines is 1. The van der Waals surface area contributed by atoms with Crippen LogP contribution >= 0.6 is 0 Å². The van der Waals surface area contributed by atoms with Gasteiger partial charge in [0.15, 0.2) is 5.82 Å². The van der Waals surface area contributed by atoms with Gasteiger partial charge in [0, 0.05) is 13.1 Å². The maximum Gasteiger partial charge on any atom is 0.238 e. The quantitative estimate of drug-likeness (QED) is 0.506. The Hall–Kier alpha value is -3.91. The fraction of sp³-hybridized carbons (Fsp3) is 0.200. The number of hydrogen-bond acceptors (Lipinski definition) is 5. The van der Waals surface area contributed by atoms with Crippen molar-refractivity contribution in [2.24, 2.45) is 0 Å². The van der Waals surface area contributed by atoms with E-state index in [0.717, 1.165) is 13.0 Å². The molecular formula is C25H23FN6O. The van der Waals surface area contributed by atoms with Crippen molar-refractivity contribution in [2.45, 2.75) is 13.3 Å². The van der Waals surface area contributed by atoms with E-state index < -0.39 is 5.82 Å². The number of hydrogen-bond donors (Lipinski definition) is 1. The zero-order chi connectivity index (χ0) is 22.8. The molecule has 3 aromatic carbocycles. The lowest BCUT2D eigenvalue weighted by molar-refractivity contribution is -0.117. The number of tetrazole rings is 1.